The van der Waals surface area contributed by atoms with E-state index in [0.29, 0.717) is 13.1 Å². The Morgan fingerprint density at radius 1 is 1.25 bits per heavy atom. The number of rotatable bonds is 8. The quantitative estimate of drug-likeness (QED) is 0.761. The van der Waals surface area contributed by atoms with Crippen LogP contribution in [-0.2, 0) is 9.59 Å². The molecule has 6 heteroatoms. The molecule has 2 N–H and O–H groups in total. The molecule has 5 nitrogen and oxygen atoms in total. The first-order valence-electron chi connectivity index (χ1n) is 6.51. The summed E-state index contributed by atoms with van der Waals surface area (Å²) in [6, 6.07) is 7.32. The van der Waals surface area contributed by atoms with Gasteiger partial charge in [-0.3, -0.25) is 14.5 Å². The Morgan fingerprint density at radius 3 is 2.45 bits per heavy atom. The van der Waals surface area contributed by atoms with E-state index in [9.17, 15) is 9.59 Å². The molecule has 0 saturated carbocycles. The fourth-order valence-corrected chi connectivity index (χ4v) is 2.06. The summed E-state index contributed by atoms with van der Waals surface area (Å²) < 4.78 is 0.950. The van der Waals surface area contributed by atoms with E-state index < -0.39 is 5.97 Å². The molecule has 0 heterocycles. The highest BCUT2D eigenvalue weighted by Gasteiger charge is 2.11. The smallest absolute Gasteiger partial charge is 0.317 e. The van der Waals surface area contributed by atoms with Crippen LogP contribution in [0.1, 0.15) is 19.8 Å². The summed E-state index contributed by atoms with van der Waals surface area (Å²) in [5.41, 5.74) is 0.735. The first kappa shape index (κ1) is 16.7. The maximum Gasteiger partial charge on any atom is 0.317 e. The molecule has 0 radical (unpaired) electrons. The topological polar surface area (TPSA) is 69.6 Å². The average Bonchev–Trinajstić information content (AvgIpc) is 2.38. The zero-order valence-corrected chi connectivity index (χ0v) is 13.0. The van der Waals surface area contributed by atoms with E-state index in [4.69, 9.17) is 5.11 Å². The van der Waals surface area contributed by atoms with Crippen molar-refractivity contribution in [1.82, 2.24) is 4.90 Å². The molecule has 0 aliphatic rings. The molecule has 20 heavy (non-hydrogen) atoms. The minimum atomic E-state index is -0.869. The van der Waals surface area contributed by atoms with E-state index >= 15 is 0 Å². The first-order chi connectivity index (χ1) is 9.51. The standard InChI is InChI=1S/C14H19BrN2O3/c1-2-8-17(10-14(19)20)9-7-13(18)16-12-5-3-11(15)4-6-12/h3-6H,2,7-10H2,1H3,(H,16,18)(H,19,20). The highest BCUT2D eigenvalue weighted by Crippen LogP contribution is 2.14. The fraction of sp³-hybridized carbons (Fsp3) is 0.429. The molecule has 1 aromatic rings. The Kier molecular flexibility index (Phi) is 7.25. The van der Waals surface area contributed by atoms with Gasteiger partial charge in [0.05, 0.1) is 6.54 Å². The van der Waals surface area contributed by atoms with Gasteiger partial charge in [0.15, 0.2) is 0 Å². The number of aliphatic carboxylic acids is 1. The summed E-state index contributed by atoms with van der Waals surface area (Å²) in [6.45, 7) is 3.08. The summed E-state index contributed by atoms with van der Waals surface area (Å²) in [6.07, 6.45) is 1.14. The Labute approximate surface area is 127 Å². The van der Waals surface area contributed by atoms with Crippen molar-refractivity contribution in [2.45, 2.75) is 19.8 Å². The Hall–Kier alpha value is -1.40. The van der Waals surface area contributed by atoms with E-state index in [1.165, 1.54) is 0 Å². The van der Waals surface area contributed by atoms with Crippen molar-refractivity contribution in [1.29, 1.82) is 0 Å². The Morgan fingerprint density at radius 2 is 1.90 bits per heavy atom. The molecule has 0 aromatic heterocycles. The molecule has 1 aromatic carbocycles. The maximum absolute atomic E-state index is 11.8. The van der Waals surface area contributed by atoms with Crippen molar-refractivity contribution in [3.05, 3.63) is 28.7 Å². The normalized spacial score (nSPS) is 10.6. The van der Waals surface area contributed by atoms with E-state index in [1.807, 2.05) is 31.2 Å². The number of hydrogen-bond acceptors (Lipinski definition) is 3. The van der Waals surface area contributed by atoms with Gasteiger partial charge < -0.3 is 10.4 Å². The van der Waals surface area contributed by atoms with E-state index in [2.05, 4.69) is 21.2 Å². The number of carbonyl (C=O) groups excluding carboxylic acids is 1. The number of benzene rings is 1. The van der Waals surface area contributed by atoms with E-state index in [-0.39, 0.29) is 18.9 Å². The van der Waals surface area contributed by atoms with Gasteiger partial charge in [-0.2, -0.15) is 0 Å². The number of carboxylic acid groups (broad SMARTS) is 1. The number of carbonyl (C=O) groups is 2. The highest BCUT2D eigenvalue weighted by molar-refractivity contribution is 9.10. The minimum Gasteiger partial charge on any atom is -0.480 e. The Bertz CT molecular complexity index is 448. The van der Waals surface area contributed by atoms with Gasteiger partial charge in [0, 0.05) is 23.1 Å². The molecular weight excluding hydrogens is 324 g/mol. The summed E-state index contributed by atoms with van der Waals surface area (Å²) in [4.78, 5) is 24.3. The molecule has 0 fully saturated rings. The monoisotopic (exact) mass is 342 g/mol. The van der Waals surface area contributed by atoms with Crippen LogP contribution >= 0.6 is 15.9 Å². The lowest BCUT2D eigenvalue weighted by atomic mass is 10.3. The molecule has 0 aliphatic heterocycles. The second kappa shape index (κ2) is 8.71. The number of halogens is 1. The number of anilines is 1. The number of nitrogens with one attached hydrogen (secondary N) is 1. The van der Waals surface area contributed by atoms with Gasteiger partial charge in [0.25, 0.3) is 0 Å². The van der Waals surface area contributed by atoms with Crippen LogP contribution in [0.3, 0.4) is 0 Å². The summed E-state index contributed by atoms with van der Waals surface area (Å²) in [5.74, 6) is -0.981. The van der Waals surface area contributed by atoms with Gasteiger partial charge in [-0.25, -0.2) is 0 Å². The lowest BCUT2D eigenvalue weighted by molar-refractivity contribution is -0.138. The van der Waals surface area contributed by atoms with Gasteiger partial charge in [-0.15, -0.1) is 0 Å². The predicted octanol–water partition coefficient (Wildman–Crippen LogP) is 2.57. The summed E-state index contributed by atoms with van der Waals surface area (Å²) >= 11 is 3.33. The predicted molar refractivity (Wildman–Crippen MR) is 81.8 cm³/mol. The number of carboxylic acids is 1. The molecule has 0 aliphatic carbocycles. The van der Waals surface area contributed by atoms with Crippen LogP contribution in [-0.4, -0.2) is 41.5 Å². The van der Waals surface area contributed by atoms with Crippen molar-refractivity contribution in [3.63, 3.8) is 0 Å². The number of hydrogen-bond donors (Lipinski definition) is 2. The summed E-state index contributed by atoms with van der Waals surface area (Å²) in [7, 11) is 0. The maximum atomic E-state index is 11.8. The third-order valence-electron chi connectivity index (χ3n) is 2.68. The fourth-order valence-electron chi connectivity index (χ4n) is 1.79. The molecule has 110 valence electrons. The van der Waals surface area contributed by atoms with Gasteiger partial charge in [-0.1, -0.05) is 22.9 Å². The van der Waals surface area contributed by atoms with E-state index in [1.54, 1.807) is 4.90 Å². The minimum absolute atomic E-state index is 0.0284. The second-order valence-corrected chi connectivity index (χ2v) is 5.39. The van der Waals surface area contributed by atoms with Crippen molar-refractivity contribution in [3.8, 4) is 0 Å². The van der Waals surface area contributed by atoms with Crippen molar-refractivity contribution < 1.29 is 14.7 Å². The zero-order valence-electron chi connectivity index (χ0n) is 11.4. The second-order valence-electron chi connectivity index (χ2n) is 4.47. The largest absolute Gasteiger partial charge is 0.480 e. The van der Waals surface area contributed by atoms with Crippen LogP contribution < -0.4 is 5.32 Å². The van der Waals surface area contributed by atoms with Crippen LogP contribution in [0.15, 0.2) is 28.7 Å². The molecule has 0 saturated heterocycles. The number of nitrogens with zero attached hydrogens (tertiary/aromatic N) is 1. The average molecular weight is 343 g/mol. The molecule has 0 bridgehead atoms. The number of amides is 1. The van der Waals surface area contributed by atoms with Crippen LogP contribution in [0.5, 0.6) is 0 Å². The lowest BCUT2D eigenvalue weighted by Crippen LogP contribution is -2.33. The van der Waals surface area contributed by atoms with Crippen LogP contribution in [0.2, 0.25) is 0 Å². The van der Waals surface area contributed by atoms with Crippen molar-refractivity contribution in [2.75, 3.05) is 25.0 Å². The zero-order chi connectivity index (χ0) is 15.0. The molecule has 0 spiro atoms. The molecule has 1 amide bonds. The van der Waals surface area contributed by atoms with Crippen LogP contribution in [0.25, 0.3) is 0 Å². The molecule has 1 rings (SSSR count). The first-order valence-corrected chi connectivity index (χ1v) is 7.30. The van der Waals surface area contributed by atoms with Crippen LogP contribution in [0.4, 0.5) is 5.69 Å². The van der Waals surface area contributed by atoms with Gasteiger partial charge in [0.1, 0.15) is 0 Å². The Balaban J connectivity index is 2.40. The van der Waals surface area contributed by atoms with Crippen LogP contribution in [0, 0.1) is 0 Å². The molecule has 0 unspecified atom stereocenters. The van der Waals surface area contributed by atoms with Gasteiger partial charge in [-0.05, 0) is 37.2 Å². The molecular formula is C14H19BrN2O3. The van der Waals surface area contributed by atoms with Gasteiger partial charge in [0.2, 0.25) is 5.91 Å². The lowest BCUT2D eigenvalue weighted by Gasteiger charge is -2.18. The third kappa shape index (κ3) is 6.68. The van der Waals surface area contributed by atoms with Crippen molar-refractivity contribution >= 4 is 33.5 Å². The van der Waals surface area contributed by atoms with Gasteiger partial charge >= 0.3 is 5.97 Å². The van der Waals surface area contributed by atoms with Crippen molar-refractivity contribution in [2.24, 2.45) is 0 Å². The SMILES string of the molecule is CCCN(CCC(=O)Nc1ccc(Br)cc1)CC(=O)O. The molecule has 0 atom stereocenters. The van der Waals surface area contributed by atoms with E-state index in [0.717, 1.165) is 16.6 Å². The third-order valence-corrected chi connectivity index (χ3v) is 3.21. The summed E-state index contributed by atoms with van der Waals surface area (Å²) in [5, 5.41) is 11.6. The highest BCUT2D eigenvalue weighted by atomic mass is 79.9.